The van der Waals surface area contributed by atoms with E-state index in [-0.39, 0.29) is 5.75 Å². The highest BCUT2D eigenvalue weighted by Crippen LogP contribution is 2.44. The van der Waals surface area contributed by atoms with Crippen molar-refractivity contribution in [3.05, 3.63) is 30.3 Å². The van der Waals surface area contributed by atoms with Crippen LogP contribution in [0.25, 0.3) is 0 Å². The fraction of sp³-hybridized carbons (Fsp3) is 0.364. The van der Waals surface area contributed by atoms with E-state index in [0.717, 1.165) is 0 Å². The lowest BCUT2D eigenvalue weighted by Gasteiger charge is -2.17. The van der Waals surface area contributed by atoms with Gasteiger partial charge in [0.25, 0.3) is 0 Å². The van der Waals surface area contributed by atoms with E-state index < -0.39 is 19.8 Å². The zero-order valence-electron chi connectivity index (χ0n) is 10.6. The minimum absolute atomic E-state index is 0.133. The average molecular weight is 289 g/mol. The van der Waals surface area contributed by atoms with Crippen LogP contribution in [0.15, 0.2) is 30.3 Å². The summed E-state index contributed by atoms with van der Waals surface area (Å²) in [7, 11) is -3.18. The number of para-hydroxylation sites is 1. The summed E-state index contributed by atoms with van der Waals surface area (Å²) in [5.74, 6) is -0.792. The first-order valence-corrected chi connectivity index (χ1v) is 7.07. The number of hydrogen-bond acceptors (Lipinski definition) is 6. The first-order valence-electron chi connectivity index (χ1n) is 5.58. The maximum Gasteiger partial charge on any atom is 0.587 e. The fourth-order valence-electron chi connectivity index (χ4n) is 1.25. The Kier molecular flexibility index (Phi) is 5.98. The van der Waals surface area contributed by atoms with E-state index in [0.29, 0.717) is 6.42 Å². The van der Waals surface area contributed by atoms with Crippen LogP contribution in [0, 0.1) is 0 Å². The third-order valence-electron chi connectivity index (χ3n) is 2.12. The molecule has 0 saturated heterocycles. The molecule has 0 bridgehead atoms. The van der Waals surface area contributed by atoms with Crippen molar-refractivity contribution in [1.29, 1.82) is 0 Å². The number of carbonyl (C=O) groups is 1. The van der Waals surface area contributed by atoms with Gasteiger partial charge in [-0.2, -0.15) is 5.48 Å². The number of carbonyl (C=O) groups excluding carboxylic acids is 1. The van der Waals surface area contributed by atoms with E-state index in [1.165, 1.54) is 19.2 Å². The van der Waals surface area contributed by atoms with E-state index >= 15 is 0 Å². The summed E-state index contributed by atoms with van der Waals surface area (Å²) in [6.45, 7) is 1.69. The van der Waals surface area contributed by atoms with Crippen LogP contribution >= 0.6 is 7.82 Å². The monoisotopic (exact) mass is 289 g/mol. The quantitative estimate of drug-likeness (QED) is 0.582. The molecule has 1 unspecified atom stereocenters. The van der Waals surface area contributed by atoms with Crippen molar-refractivity contribution >= 4 is 13.8 Å². The smallest absolute Gasteiger partial charge is 0.395 e. The molecule has 7 nitrogen and oxygen atoms in total. The molecule has 2 N–H and O–H groups in total. The molecule has 0 saturated carbocycles. The molecule has 19 heavy (non-hydrogen) atoms. The van der Waals surface area contributed by atoms with Gasteiger partial charge in [0.05, 0.1) is 7.11 Å². The van der Waals surface area contributed by atoms with Crippen molar-refractivity contribution < 1.29 is 28.1 Å². The highest BCUT2D eigenvalue weighted by molar-refractivity contribution is 7.48. The Morgan fingerprint density at radius 2 is 2.05 bits per heavy atom. The molecule has 1 rings (SSSR count). The molecule has 0 fully saturated rings. The van der Waals surface area contributed by atoms with Gasteiger partial charge in [-0.25, -0.2) is 9.36 Å². The van der Waals surface area contributed by atoms with E-state index in [2.05, 4.69) is 14.8 Å². The molecular weight excluding hydrogens is 273 g/mol. The molecule has 0 radical (unpaired) electrons. The van der Waals surface area contributed by atoms with Gasteiger partial charge in [0, 0.05) is 0 Å². The van der Waals surface area contributed by atoms with Gasteiger partial charge in [-0.1, -0.05) is 25.1 Å². The van der Waals surface area contributed by atoms with E-state index in [1.54, 1.807) is 25.1 Å². The molecule has 0 aliphatic rings. The Morgan fingerprint density at radius 3 is 2.58 bits per heavy atom. The van der Waals surface area contributed by atoms with Crippen molar-refractivity contribution in [3.8, 4) is 5.75 Å². The van der Waals surface area contributed by atoms with Crippen LogP contribution < -0.4 is 10.0 Å². The van der Waals surface area contributed by atoms with Gasteiger partial charge in [0.1, 0.15) is 11.8 Å². The lowest BCUT2D eigenvalue weighted by Crippen LogP contribution is -2.36. The third-order valence-corrected chi connectivity index (χ3v) is 2.97. The second-order valence-corrected chi connectivity index (χ2v) is 4.87. The van der Waals surface area contributed by atoms with Crippen LogP contribution in [0.4, 0.5) is 0 Å². The lowest BCUT2D eigenvalue weighted by atomic mass is 10.2. The molecule has 0 aliphatic heterocycles. The van der Waals surface area contributed by atoms with Crippen molar-refractivity contribution in [2.75, 3.05) is 7.11 Å². The lowest BCUT2D eigenvalue weighted by molar-refractivity contribution is -0.141. The summed E-state index contributed by atoms with van der Waals surface area (Å²) >= 11 is 0. The first kappa shape index (κ1) is 15.7. The normalized spacial score (nSPS) is 15.3. The minimum Gasteiger partial charge on any atom is -0.395 e. The summed E-state index contributed by atoms with van der Waals surface area (Å²) in [6.07, 6.45) is 0.331. The zero-order chi connectivity index (χ0) is 14.3. The Labute approximate surface area is 111 Å². The van der Waals surface area contributed by atoms with Crippen molar-refractivity contribution in [2.45, 2.75) is 19.4 Å². The van der Waals surface area contributed by atoms with Crippen LogP contribution in [0.2, 0.25) is 0 Å². The van der Waals surface area contributed by atoms with Gasteiger partial charge in [-0.05, 0) is 18.6 Å². The molecule has 1 aromatic carbocycles. The van der Waals surface area contributed by atoms with E-state index in [1.807, 2.05) is 0 Å². The standard InChI is InChI=1S/C11H16NO6P/c1-3-10(12-16-2)11(13)18-19(14,15)17-9-7-5-4-6-8-9/h4-8,10,12H,3H2,1-2H3,(H,14,15)/t10-/m0/s1. The van der Waals surface area contributed by atoms with Crippen molar-refractivity contribution in [1.82, 2.24) is 5.48 Å². The van der Waals surface area contributed by atoms with Gasteiger partial charge in [-0.15, -0.1) is 0 Å². The molecular formula is C11H16NO6P. The fourth-order valence-corrected chi connectivity index (χ4v) is 2.03. The van der Waals surface area contributed by atoms with Gasteiger partial charge in [-0.3, -0.25) is 4.89 Å². The maximum absolute atomic E-state index is 11.6. The molecule has 0 aromatic heterocycles. The van der Waals surface area contributed by atoms with Crippen LogP contribution in [-0.2, 0) is 18.7 Å². The number of rotatable bonds is 7. The number of nitrogens with one attached hydrogen (secondary N) is 1. The number of hydroxylamine groups is 1. The molecule has 0 heterocycles. The van der Waals surface area contributed by atoms with E-state index in [4.69, 9.17) is 4.52 Å². The van der Waals surface area contributed by atoms with Crippen LogP contribution in [0.3, 0.4) is 0 Å². The Hall–Kier alpha value is -1.40. The Balaban J connectivity index is 2.63. The molecule has 0 spiro atoms. The molecule has 1 aromatic rings. The van der Waals surface area contributed by atoms with Crippen molar-refractivity contribution in [3.63, 3.8) is 0 Å². The first-order chi connectivity index (χ1) is 8.98. The zero-order valence-corrected chi connectivity index (χ0v) is 11.5. The minimum atomic E-state index is -4.51. The number of benzene rings is 1. The largest absolute Gasteiger partial charge is 0.587 e. The number of hydrogen-bond donors (Lipinski definition) is 2. The summed E-state index contributed by atoms with van der Waals surface area (Å²) < 4.78 is 20.8. The van der Waals surface area contributed by atoms with Gasteiger partial charge in [0.2, 0.25) is 0 Å². The van der Waals surface area contributed by atoms with Crippen LogP contribution in [0.1, 0.15) is 13.3 Å². The predicted molar refractivity (Wildman–Crippen MR) is 67.2 cm³/mol. The van der Waals surface area contributed by atoms with Crippen LogP contribution in [-0.4, -0.2) is 24.0 Å². The molecule has 106 valence electrons. The summed E-state index contributed by atoms with van der Waals surface area (Å²) in [5, 5.41) is 0. The number of phosphoric ester groups is 1. The summed E-state index contributed by atoms with van der Waals surface area (Å²) in [4.78, 5) is 25.7. The average Bonchev–Trinajstić information content (AvgIpc) is 2.35. The summed E-state index contributed by atoms with van der Waals surface area (Å²) in [5.41, 5.74) is 2.36. The predicted octanol–water partition coefficient (Wildman–Crippen LogP) is 1.64. The molecule has 0 aliphatic carbocycles. The topological polar surface area (TPSA) is 94.1 Å². The SMILES string of the molecule is CC[C@H](NOC)C(=O)OP(=O)(O)Oc1ccccc1. The second kappa shape index (κ2) is 7.25. The third kappa shape index (κ3) is 5.40. The molecule has 2 atom stereocenters. The van der Waals surface area contributed by atoms with Gasteiger partial charge < -0.3 is 13.9 Å². The maximum atomic E-state index is 11.6. The number of phosphoric acid groups is 1. The molecule has 8 heteroatoms. The van der Waals surface area contributed by atoms with Crippen molar-refractivity contribution in [2.24, 2.45) is 0 Å². The Morgan fingerprint density at radius 1 is 1.42 bits per heavy atom. The van der Waals surface area contributed by atoms with Crippen LogP contribution in [0.5, 0.6) is 5.75 Å². The highest BCUT2D eigenvalue weighted by Gasteiger charge is 2.31. The van der Waals surface area contributed by atoms with Gasteiger partial charge in [0.15, 0.2) is 0 Å². The van der Waals surface area contributed by atoms with E-state index in [9.17, 15) is 14.3 Å². The second-order valence-electron chi connectivity index (χ2n) is 3.57. The Bertz CT molecular complexity index is 452. The van der Waals surface area contributed by atoms with Gasteiger partial charge >= 0.3 is 13.8 Å². The summed E-state index contributed by atoms with van der Waals surface area (Å²) in [6, 6.07) is 7.07. The highest BCUT2D eigenvalue weighted by atomic mass is 31.2. The molecule has 0 amide bonds.